The molecule has 2 aromatic rings. The molecule has 0 bridgehead atoms. The van der Waals surface area contributed by atoms with E-state index < -0.39 is 10.9 Å². The molecule has 7 nitrogen and oxygen atoms in total. The van der Waals surface area contributed by atoms with E-state index in [1.165, 1.54) is 38.5 Å². The molecule has 0 heterocycles. The Balaban J connectivity index is 2.08. The van der Waals surface area contributed by atoms with Gasteiger partial charge in [0.05, 0.1) is 24.7 Å². The van der Waals surface area contributed by atoms with E-state index in [1.54, 1.807) is 12.1 Å². The van der Waals surface area contributed by atoms with Crippen LogP contribution in [-0.4, -0.2) is 31.7 Å². The van der Waals surface area contributed by atoms with E-state index in [1.807, 2.05) is 0 Å². The van der Waals surface area contributed by atoms with Gasteiger partial charge in [-0.25, -0.2) is 4.79 Å². The van der Waals surface area contributed by atoms with Crippen molar-refractivity contribution in [1.29, 1.82) is 0 Å². The Bertz CT molecular complexity index is 848. The zero-order valence-electron chi connectivity index (χ0n) is 14.2. The summed E-state index contributed by atoms with van der Waals surface area (Å²) in [4.78, 5) is 22.2. The number of methoxy groups -OCH3 is 2. The van der Waals surface area contributed by atoms with Gasteiger partial charge in [-0.15, -0.1) is 0 Å². The maximum Gasteiger partial charge on any atom is 0.338 e. The summed E-state index contributed by atoms with van der Waals surface area (Å²) in [5.74, 6) is 0.477. The second-order valence-electron chi connectivity index (χ2n) is 5.17. The average molecular weight is 422 g/mol. The summed E-state index contributed by atoms with van der Waals surface area (Å²) in [6, 6.07) is 8.64. The van der Waals surface area contributed by atoms with Crippen LogP contribution in [0.15, 0.2) is 47.4 Å². The highest BCUT2D eigenvalue weighted by molar-refractivity contribution is 9.10. The van der Waals surface area contributed by atoms with Crippen molar-refractivity contribution in [3.63, 3.8) is 0 Å². The van der Waals surface area contributed by atoms with Gasteiger partial charge in [0.15, 0.2) is 11.5 Å². The zero-order valence-corrected chi connectivity index (χ0v) is 15.7. The van der Waals surface area contributed by atoms with E-state index >= 15 is 0 Å². The average Bonchev–Trinajstić information content (AvgIpc) is 2.65. The molecule has 0 atom stereocenters. The maximum absolute atomic E-state index is 12.1. The molecular weight excluding hydrogens is 406 g/mol. The Kier molecular flexibility index (Phi) is 6.35. The van der Waals surface area contributed by atoms with Gasteiger partial charge >= 0.3 is 5.97 Å². The molecule has 0 unspecified atom stereocenters. The summed E-state index contributed by atoms with van der Waals surface area (Å²) in [7, 11) is 3.05. The number of ether oxygens (including phenoxy) is 3. The van der Waals surface area contributed by atoms with Crippen molar-refractivity contribution in [2.45, 2.75) is 0 Å². The van der Waals surface area contributed by atoms with E-state index in [9.17, 15) is 14.9 Å². The molecule has 0 radical (unpaired) electrons. The fourth-order valence-corrected chi connectivity index (χ4v) is 2.76. The number of non-ortho nitro benzene ring substituents is 1. The highest BCUT2D eigenvalue weighted by atomic mass is 79.9. The molecule has 0 N–H and O–H groups in total. The molecule has 2 aromatic carbocycles. The van der Waals surface area contributed by atoms with E-state index in [-0.39, 0.29) is 17.9 Å². The zero-order chi connectivity index (χ0) is 19.3. The first-order chi connectivity index (χ1) is 12.4. The Hall–Kier alpha value is -2.87. The fourth-order valence-electron chi connectivity index (χ4n) is 2.16. The summed E-state index contributed by atoms with van der Waals surface area (Å²) in [5, 5.41) is 10.6. The third kappa shape index (κ3) is 4.40. The number of nitrogens with zero attached hydrogens (tertiary/aromatic N) is 1. The molecule has 0 aliphatic carbocycles. The molecule has 26 heavy (non-hydrogen) atoms. The van der Waals surface area contributed by atoms with Gasteiger partial charge in [0, 0.05) is 16.6 Å². The lowest BCUT2D eigenvalue weighted by molar-refractivity contribution is -0.384. The number of hydrogen-bond acceptors (Lipinski definition) is 6. The molecular formula is C18H16BrNO6. The monoisotopic (exact) mass is 421 g/mol. The quantitative estimate of drug-likeness (QED) is 0.377. The predicted octanol–water partition coefficient (Wildman–Crippen LogP) is 4.24. The van der Waals surface area contributed by atoms with Crippen molar-refractivity contribution in [1.82, 2.24) is 0 Å². The van der Waals surface area contributed by atoms with Gasteiger partial charge in [-0.1, -0.05) is 22.5 Å². The smallest absolute Gasteiger partial charge is 0.338 e. The number of rotatable bonds is 7. The molecule has 0 fully saturated rings. The Labute approximate surface area is 158 Å². The Morgan fingerprint density at radius 1 is 1.15 bits per heavy atom. The van der Waals surface area contributed by atoms with E-state index in [2.05, 4.69) is 22.5 Å². The normalized spacial score (nSPS) is 10.1. The number of benzene rings is 2. The van der Waals surface area contributed by atoms with Crippen LogP contribution >= 0.6 is 15.9 Å². The van der Waals surface area contributed by atoms with E-state index in [0.717, 1.165) is 0 Å². The highest BCUT2D eigenvalue weighted by Crippen LogP contribution is 2.36. The lowest BCUT2D eigenvalue weighted by Crippen LogP contribution is -2.08. The SMILES string of the molecule is C=C(COC(=O)c1ccc([N+](=O)[O-])cc1)c1cc(OC)c(OC)cc1Br. The summed E-state index contributed by atoms with van der Waals surface area (Å²) < 4.78 is 16.4. The molecule has 2 rings (SSSR count). The van der Waals surface area contributed by atoms with Crippen LogP contribution in [0.4, 0.5) is 5.69 Å². The van der Waals surface area contributed by atoms with Crippen LogP contribution in [0.5, 0.6) is 11.5 Å². The number of carbonyl (C=O) groups is 1. The van der Waals surface area contributed by atoms with Gasteiger partial charge < -0.3 is 14.2 Å². The van der Waals surface area contributed by atoms with Crippen molar-refractivity contribution in [2.24, 2.45) is 0 Å². The summed E-state index contributed by atoms with van der Waals surface area (Å²) in [6.45, 7) is 3.88. The number of nitro groups is 1. The predicted molar refractivity (Wildman–Crippen MR) is 99.7 cm³/mol. The van der Waals surface area contributed by atoms with Crippen LogP contribution in [0.25, 0.3) is 5.57 Å². The van der Waals surface area contributed by atoms with E-state index in [4.69, 9.17) is 14.2 Å². The number of halogens is 1. The van der Waals surface area contributed by atoms with Gasteiger partial charge in [0.2, 0.25) is 0 Å². The van der Waals surface area contributed by atoms with E-state index in [0.29, 0.717) is 27.1 Å². The van der Waals surface area contributed by atoms with Crippen molar-refractivity contribution in [3.8, 4) is 11.5 Å². The molecule has 136 valence electrons. The number of hydrogen-bond donors (Lipinski definition) is 0. The minimum Gasteiger partial charge on any atom is -0.493 e. The molecule has 0 saturated heterocycles. The Morgan fingerprint density at radius 2 is 1.73 bits per heavy atom. The third-order valence-corrected chi connectivity index (χ3v) is 4.20. The lowest BCUT2D eigenvalue weighted by Gasteiger charge is -2.14. The maximum atomic E-state index is 12.1. The first kappa shape index (κ1) is 19.5. The van der Waals surface area contributed by atoms with Crippen molar-refractivity contribution >= 4 is 33.2 Å². The first-order valence-corrected chi connectivity index (χ1v) is 8.18. The number of carbonyl (C=O) groups excluding carboxylic acids is 1. The minimum atomic E-state index is -0.599. The van der Waals surface area contributed by atoms with Crippen molar-refractivity contribution < 1.29 is 23.9 Å². The third-order valence-electron chi connectivity index (χ3n) is 3.55. The molecule has 0 aliphatic rings. The van der Waals surface area contributed by atoms with Gasteiger partial charge in [-0.2, -0.15) is 0 Å². The van der Waals surface area contributed by atoms with Gasteiger partial charge in [0.25, 0.3) is 5.69 Å². The molecule has 0 spiro atoms. The highest BCUT2D eigenvalue weighted by Gasteiger charge is 2.15. The molecule has 0 amide bonds. The van der Waals surface area contributed by atoms with Crippen LogP contribution in [0.3, 0.4) is 0 Å². The van der Waals surface area contributed by atoms with Crippen LogP contribution in [0.2, 0.25) is 0 Å². The molecule has 0 aliphatic heterocycles. The molecule has 8 heteroatoms. The van der Waals surface area contributed by atoms with Crippen molar-refractivity contribution in [3.05, 3.63) is 68.7 Å². The summed E-state index contributed by atoms with van der Waals surface area (Å²) >= 11 is 3.42. The minimum absolute atomic E-state index is 0.0517. The second-order valence-corrected chi connectivity index (χ2v) is 6.03. The first-order valence-electron chi connectivity index (χ1n) is 7.38. The largest absolute Gasteiger partial charge is 0.493 e. The van der Waals surface area contributed by atoms with Crippen LogP contribution in [0.1, 0.15) is 15.9 Å². The van der Waals surface area contributed by atoms with Crippen LogP contribution in [-0.2, 0) is 4.74 Å². The van der Waals surface area contributed by atoms with Gasteiger partial charge in [-0.05, 0) is 35.4 Å². The van der Waals surface area contributed by atoms with Crippen LogP contribution in [0, 0.1) is 10.1 Å². The Morgan fingerprint density at radius 3 is 2.27 bits per heavy atom. The fraction of sp³-hybridized carbons (Fsp3) is 0.167. The van der Waals surface area contributed by atoms with Crippen LogP contribution < -0.4 is 9.47 Å². The summed E-state index contributed by atoms with van der Waals surface area (Å²) in [5.41, 5.74) is 1.38. The topological polar surface area (TPSA) is 87.9 Å². The standard InChI is InChI=1S/C18H16BrNO6/c1-11(14-8-16(24-2)17(25-3)9-15(14)19)10-26-18(21)12-4-6-13(7-5-12)20(22)23/h4-9H,1,10H2,2-3H3. The summed E-state index contributed by atoms with van der Waals surface area (Å²) in [6.07, 6.45) is 0. The number of nitro benzene ring substituents is 1. The molecule has 0 saturated carbocycles. The van der Waals surface area contributed by atoms with Crippen molar-refractivity contribution in [2.75, 3.05) is 20.8 Å². The van der Waals surface area contributed by atoms with Gasteiger partial charge in [0.1, 0.15) is 6.61 Å². The van der Waals surface area contributed by atoms with Gasteiger partial charge in [-0.3, -0.25) is 10.1 Å². The lowest BCUT2D eigenvalue weighted by atomic mass is 10.1. The molecule has 0 aromatic heterocycles. The number of esters is 1. The second kappa shape index (κ2) is 8.48.